The highest BCUT2D eigenvalue weighted by molar-refractivity contribution is 7.92. The Kier molecular flexibility index (Phi) is 11.2. The minimum absolute atomic E-state index is 0.0489. The lowest BCUT2D eigenvalue weighted by Gasteiger charge is -2.32. The second-order valence-electron chi connectivity index (χ2n) is 10.6. The van der Waals surface area contributed by atoms with Crippen molar-refractivity contribution in [3.05, 3.63) is 120 Å². The highest BCUT2D eigenvalue weighted by Gasteiger charge is 2.32. The topological polar surface area (TPSA) is 96.0 Å². The Labute approximate surface area is 260 Å². The molecule has 4 rings (SSSR count). The highest BCUT2D eigenvalue weighted by atomic mass is 32.2. The molecule has 0 aliphatic carbocycles. The molecular formula is C35H39N3O5S. The molecule has 0 spiro atoms. The number of benzene rings is 4. The Morgan fingerprint density at radius 1 is 0.818 bits per heavy atom. The van der Waals surface area contributed by atoms with Crippen LogP contribution in [0, 0.1) is 6.92 Å². The number of sulfonamides is 1. The fourth-order valence-corrected chi connectivity index (χ4v) is 6.00. The lowest BCUT2D eigenvalue weighted by atomic mass is 10.1. The quantitative estimate of drug-likeness (QED) is 0.168. The molecule has 9 heteroatoms. The fourth-order valence-electron chi connectivity index (χ4n) is 4.56. The van der Waals surface area contributed by atoms with Gasteiger partial charge in [-0.25, -0.2) is 8.42 Å². The van der Waals surface area contributed by atoms with Crippen LogP contribution in [0.1, 0.15) is 37.8 Å². The van der Waals surface area contributed by atoms with Crippen molar-refractivity contribution in [1.82, 2.24) is 10.2 Å². The summed E-state index contributed by atoms with van der Waals surface area (Å²) in [6.45, 7) is 5.81. The van der Waals surface area contributed by atoms with Gasteiger partial charge in [0, 0.05) is 13.1 Å². The molecule has 0 aliphatic rings. The zero-order valence-corrected chi connectivity index (χ0v) is 26.2. The van der Waals surface area contributed by atoms with Gasteiger partial charge in [-0.05, 0) is 74.4 Å². The van der Waals surface area contributed by atoms with E-state index in [-0.39, 0.29) is 23.0 Å². The predicted molar refractivity (Wildman–Crippen MR) is 173 cm³/mol. The Hall–Kier alpha value is -4.63. The van der Waals surface area contributed by atoms with E-state index >= 15 is 0 Å². The van der Waals surface area contributed by atoms with Gasteiger partial charge in [0.2, 0.25) is 11.8 Å². The summed E-state index contributed by atoms with van der Waals surface area (Å²) in [4.78, 5) is 28.7. The monoisotopic (exact) mass is 613 g/mol. The van der Waals surface area contributed by atoms with Gasteiger partial charge >= 0.3 is 0 Å². The van der Waals surface area contributed by atoms with Crippen molar-refractivity contribution in [3.63, 3.8) is 0 Å². The Morgan fingerprint density at radius 3 is 2.02 bits per heavy atom. The smallest absolute Gasteiger partial charge is 0.264 e. The van der Waals surface area contributed by atoms with Crippen LogP contribution in [0.25, 0.3) is 0 Å². The molecule has 0 fully saturated rings. The number of aryl methyl sites for hydroxylation is 1. The molecule has 44 heavy (non-hydrogen) atoms. The molecule has 4 aromatic carbocycles. The normalized spacial score (nSPS) is 11.8. The number of rotatable bonds is 14. The number of anilines is 1. The van der Waals surface area contributed by atoms with Crippen LogP contribution < -0.4 is 14.4 Å². The first-order valence-corrected chi connectivity index (χ1v) is 16.2. The number of hydrogen-bond donors (Lipinski definition) is 1. The predicted octanol–water partition coefficient (Wildman–Crippen LogP) is 6.32. The first kappa shape index (κ1) is 32.3. The summed E-state index contributed by atoms with van der Waals surface area (Å²) >= 11 is 0. The number of hydrogen-bond acceptors (Lipinski definition) is 5. The first-order chi connectivity index (χ1) is 21.2. The van der Waals surface area contributed by atoms with E-state index in [1.54, 1.807) is 49.4 Å². The van der Waals surface area contributed by atoms with E-state index in [0.717, 1.165) is 28.3 Å². The molecule has 1 N–H and O–H groups in total. The van der Waals surface area contributed by atoms with E-state index in [2.05, 4.69) is 5.32 Å². The van der Waals surface area contributed by atoms with E-state index < -0.39 is 28.5 Å². The number of amides is 2. The maximum Gasteiger partial charge on any atom is 0.264 e. The third-order valence-electron chi connectivity index (χ3n) is 7.18. The van der Waals surface area contributed by atoms with Gasteiger partial charge in [0.05, 0.1) is 10.6 Å². The number of nitrogens with one attached hydrogen (secondary N) is 1. The molecule has 1 atom stereocenters. The van der Waals surface area contributed by atoms with E-state index in [4.69, 9.17) is 4.74 Å². The molecule has 230 valence electrons. The second kappa shape index (κ2) is 15.2. The summed E-state index contributed by atoms with van der Waals surface area (Å²) < 4.78 is 34.9. The second-order valence-corrected chi connectivity index (χ2v) is 12.4. The van der Waals surface area contributed by atoms with Crippen LogP contribution in [0.2, 0.25) is 0 Å². The molecule has 0 bridgehead atoms. The summed E-state index contributed by atoms with van der Waals surface area (Å²) in [6.07, 6.45) is 1.74. The number of unbranched alkanes of at least 4 members (excludes halogenated alkanes) is 1. The Balaban J connectivity index is 1.66. The third-order valence-corrected chi connectivity index (χ3v) is 8.97. The van der Waals surface area contributed by atoms with Crippen LogP contribution in [0.4, 0.5) is 5.69 Å². The number of carbonyl (C=O) groups excluding carboxylic acids is 2. The first-order valence-electron chi connectivity index (χ1n) is 14.7. The average molecular weight is 614 g/mol. The molecule has 2 amide bonds. The maximum absolute atomic E-state index is 14.1. The molecule has 8 nitrogen and oxygen atoms in total. The zero-order valence-electron chi connectivity index (χ0n) is 25.3. The van der Waals surface area contributed by atoms with Gasteiger partial charge in [0.1, 0.15) is 24.1 Å². The molecule has 4 aromatic rings. The summed E-state index contributed by atoms with van der Waals surface area (Å²) in [5, 5.41) is 2.90. The van der Waals surface area contributed by atoms with Crippen molar-refractivity contribution in [3.8, 4) is 11.5 Å². The molecule has 0 aliphatic heterocycles. The van der Waals surface area contributed by atoms with Gasteiger partial charge in [-0.1, -0.05) is 79.6 Å². The molecule has 0 radical (unpaired) electrons. The zero-order chi connectivity index (χ0) is 31.5. The van der Waals surface area contributed by atoms with Gasteiger partial charge in [-0.3, -0.25) is 13.9 Å². The van der Waals surface area contributed by atoms with Crippen molar-refractivity contribution in [2.75, 3.05) is 17.4 Å². The Morgan fingerprint density at radius 2 is 1.41 bits per heavy atom. The Bertz CT molecular complexity index is 1610. The maximum atomic E-state index is 14.1. The summed E-state index contributed by atoms with van der Waals surface area (Å²) in [5.74, 6) is 0.357. The molecule has 0 saturated carbocycles. The van der Waals surface area contributed by atoms with E-state index in [0.29, 0.717) is 18.0 Å². The van der Waals surface area contributed by atoms with E-state index in [1.165, 1.54) is 17.0 Å². The van der Waals surface area contributed by atoms with Gasteiger partial charge in [0.25, 0.3) is 10.0 Å². The van der Waals surface area contributed by atoms with Crippen LogP contribution in [0.5, 0.6) is 11.5 Å². The van der Waals surface area contributed by atoms with Gasteiger partial charge in [-0.15, -0.1) is 0 Å². The number of carbonyl (C=O) groups is 2. The molecule has 0 aromatic heterocycles. The lowest BCUT2D eigenvalue weighted by Crippen LogP contribution is -2.51. The van der Waals surface area contributed by atoms with Crippen molar-refractivity contribution >= 4 is 27.5 Å². The molecule has 0 unspecified atom stereocenters. The molecule has 0 saturated heterocycles. The fraction of sp³-hybridized carbons (Fsp3) is 0.257. The number of para-hydroxylation sites is 1. The number of nitrogens with zero attached hydrogens (tertiary/aromatic N) is 2. The SMILES string of the molecule is CCCCNC(=O)[C@@H](C)N(Cc1ccc(C)cc1)C(=O)CN(c1ccc(Oc2ccccc2)cc1)S(=O)(=O)c1ccccc1. The summed E-state index contributed by atoms with van der Waals surface area (Å²) in [7, 11) is -4.15. The van der Waals surface area contributed by atoms with E-state index in [9.17, 15) is 18.0 Å². The third kappa shape index (κ3) is 8.48. The van der Waals surface area contributed by atoms with Crippen LogP contribution in [0.3, 0.4) is 0 Å². The highest BCUT2D eigenvalue weighted by Crippen LogP contribution is 2.28. The van der Waals surface area contributed by atoms with Crippen molar-refractivity contribution in [2.24, 2.45) is 0 Å². The minimum atomic E-state index is -4.15. The largest absolute Gasteiger partial charge is 0.457 e. The summed E-state index contributed by atoms with van der Waals surface area (Å²) in [5.41, 5.74) is 2.19. The van der Waals surface area contributed by atoms with Crippen LogP contribution in [0.15, 0.2) is 114 Å². The van der Waals surface area contributed by atoms with Gasteiger partial charge < -0.3 is 15.0 Å². The summed E-state index contributed by atoms with van der Waals surface area (Å²) in [6, 6.07) is 30.6. The molecule has 0 heterocycles. The number of ether oxygens (including phenoxy) is 1. The van der Waals surface area contributed by atoms with Crippen molar-refractivity contribution < 1.29 is 22.7 Å². The van der Waals surface area contributed by atoms with Crippen LogP contribution in [-0.2, 0) is 26.2 Å². The van der Waals surface area contributed by atoms with E-state index in [1.807, 2.05) is 68.4 Å². The standard InChI is InChI=1S/C35H39N3O5S/c1-4-5-24-36-35(40)28(3)37(25-29-18-16-27(2)17-19-29)34(39)26-38(44(41,42)33-14-10-7-11-15-33)30-20-22-32(23-21-30)43-31-12-8-6-9-13-31/h6-23,28H,4-5,24-26H2,1-3H3,(H,36,40)/t28-/m1/s1. The van der Waals surface area contributed by atoms with Gasteiger partial charge in [-0.2, -0.15) is 0 Å². The van der Waals surface area contributed by atoms with Crippen LogP contribution in [-0.4, -0.2) is 44.3 Å². The minimum Gasteiger partial charge on any atom is -0.457 e. The van der Waals surface area contributed by atoms with Crippen molar-refractivity contribution in [2.45, 2.75) is 51.1 Å². The van der Waals surface area contributed by atoms with Crippen LogP contribution >= 0.6 is 0 Å². The van der Waals surface area contributed by atoms with Crippen molar-refractivity contribution in [1.29, 1.82) is 0 Å². The lowest BCUT2D eigenvalue weighted by molar-refractivity contribution is -0.139. The van der Waals surface area contributed by atoms with Gasteiger partial charge in [0.15, 0.2) is 0 Å². The molecular weight excluding hydrogens is 574 g/mol. The average Bonchev–Trinajstić information content (AvgIpc) is 3.04.